The molecule has 0 unspecified atom stereocenters. The molecule has 0 radical (unpaired) electrons. The molecule has 2 heterocycles. The maximum absolute atomic E-state index is 12.3. The maximum Gasteiger partial charge on any atom is 0.409 e. The van der Waals surface area contributed by atoms with Gasteiger partial charge in [0.1, 0.15) is 6.42 Å². The lowest BCUT2D eigenvalue weighted by Crippen LogP contribution is -2.52. The second-order valence-electron chi connectivity index (χ2n) is 5.93. The number of ether oxygens (including phenoxy) is 1. The van der Waals surface area contributed by atoms with Crippen molar-refractivity contribution >= 4 is 17.9 Å². The lowest BCUT2D eigenvalue weighted by Gasteiger charge is -2.35. The van der Waals surface area contributed by atoms with E-state index in [1.807, 2.05) is 7.05 Å². The summed E-state index contributed by atoms with van der Waals surface area (Å²) in [5.74, 6) is -0.256. The molecule has 0 bridgehead atoms. The molecule has 8 nitrogen and oxygen atoms in total. The molecule has 0 aromatic carbocycles. The smallest absolute Gasteiger partial charge is 0.409 e. The van der Waals surface area contributed by atoms with E-state index in [-0.39, 0.29) is 24.3 Å². The summed E-state index contributed by atoms with van der Waals surface area (Å²) >= 11 is 0. The first-order valence-corrected chi connectivity index (χ1v) is 8.17. The highest BCUT2D eigenvalue weighted by atomic mass is 16.6. The zero-order valence-electron chi connectivity index (χ0n) is 14.0. The summed E-state index contributed by atoms with van der Waals surface area (Å²) in [6.07, 6.45) is -0.420. The SMILES string of the molecule is CCOC(=O)N1CCN(C(=O)CC(=O)N2CCN(C)CC2)CC1. The fraction of sp³-hybridized carbons (Fsp3) is 0.800. The van der Waals surface area contributed by atoms with E-state index in [1.165, 1.54) is 0 Å². The van der Waals surface area contributed by atoms with E-state index < -0.39 is 0 Å². The molecule has 2 fully saturated rings. The molecular formula is C15H26N4O4. The second kappa shape index (κ2) is 8.14. The van der Waals surface area contributed by atoms with Crippen LogP contribution in [0, 0.1) is 0 Å². The van der Waals surface area contributed by atoms with E-state index in [4.69, 9.17) is 4.74 Å². The first-order valence-electron chi connectivity index (χ1n) is 8.17. The number of hydrogen-bond acceptors (Lipinski definition) is 5. The third-order valence-corrected chi connectivity index (χ3v) is 4.32. The van der Waals surface area contributed by atoms with E-state index in [9.17, 15) is 14.4 Å². The first kappa shape index (κ1) is 17.5. The Morgan fingerprint density at radius 3 is 1.70 bits per heavy atom. The van der Waals surface area contributed by atoms with E-state index >= 15 is 0 Å². The van der Waals surface area contributed by atoms with Crippen molar-refractivity contribution in [1.29, 1.82) is 0 Å². The van der Waals surface area contributed by atoms with Crippen LogP contribution in [0.25, 0.3) is 0 Å². The number of hydrogen-bond donors (Lipinski definition) is 0. The highest BCUT2D eigenvalue weighted by molar-refractivity contribution is 5.97. The van der Waals surface area contributed by atoms with E-state index in [2.05, 4.69) is 4.90 Å². The van der Waals surface area contributed by atoms with Crippen LogP contribution in [-0.2, 0) is 14.3 Å². The second-order valence-corrected chi connectivity index (χ2v) is 5.93. The van der Waals surface area contributed by atoms with Crippen LogP contribution in [0.1, 0.15) is 13.3 Å². The molecule has 0 spiro atoms. The molecule has 3 amide bonds. The highest BCUT2D eigenvalue weighted by Gasteiger charge is 2.27. The predicted octanol–water partition coefficient (Wildman–Crippen LogP) is -0.549. The minimum absolute atomic E-state index is 0.0802. The van der Waals surface area contributed by atoms with E-state index in [0.717, 1.165) is 13.1 Å². The van der Waals surface area contributed by atoms with Gasteiger partial charge in [0, 0.05) is 52.4 Å². The lowest BCUT2D eigenvalue weighted by atomic mass is 10.2. The van der Waals surface area contributed by atoms with Crippen molar-refractivity contribution in [3.63, 3.8) is 0 Å². The van der Waals surface area contributed by atoms with Crippen molar-refractivity contribution in [2.45, 2.75) is 13.3 Å². The van der Waals surface area contributed by atoms with Crippen LogP contribution in [0.5, 0.6) is 0 Å². The number of carbonyl (C=O) groups excluding carboxylic acids is 3. The van der Waals surface area contributed by atoms with Gasteiger partial charge in [-0.05, 0) is 14.0 Å². The molecule has 2 rings (SSSR count). The molecular weight excluding hydrogens is 300 g/mol. The molecule has 2 aliphatic rings. The number of piperazine rings is 2. The van der Waals surface area contributed by atoms with Gasteiger partial charge in [-0.3, -0.25) is 9.59 Å². The van der Waals surface area contributed by atoms with Crippen LogP contribution in [-0.4, -0.2) is 104 Å². The predicted molar refractivity (Wildman–Crippen MR) is 83.9 cm³/mol. The molecule has 0 N–H and O–H groups in total. The van der Waals surface area contributed by atoms with Crippen molar-refractivity contribution in [3.8, 4) is 0 Å². The molecule has 0 aromatic heterocycles. The maximum atomic E-state index is 12.3. The Morgan fingerprint density at radius 1 is 0.783 bits per heavy atom. The summed E-state index contributed by atoms with van der Waals surface area (Å²) < 4.78 is 4.95. The number of nitrogens with zero attached hydrogens (tertiary/aromatic N) is 4. The van der Waals surface area contributed by atoms with Gasteiger partial charge in [-0.2, -0.15) is 0 Å². The van der Waals surface area contributed by atoms with Crippen LogP contribution < -0.4 is 0 Å². The largest absolute Gasteiger partial charge is 0.450 e. The van der Waals surface area contributed by atoms with Gasteiger partial charge in [0.25, 0.3) is 0 Å². The van der Waals surface area contributed by atoms with Crippen molar-refractivity contribution in [2.24, 2.45) is 0 Å². The molecule has 2 aliphatic heterocycles. The standard InChI is InChI=1S/C15H26N4O4/c1-3-23-15(22)19-10-8-18(9-11-19)14(21)12-13(20)17-6-4-16(2)5-7-17/h3-12H2,1-2H3. The third kappa shape index (κ3) is 4.82. The highest BCUT2D eigenvalue weighted by Crippen LogP contribution is 2.08. The third-order valence-electron chi connectivity index (χ3n) is 4.32. The molecule has 0 saturated carbocycles. The zero-order valence-corrected chi connectivity index (χ0v) is 14.0. The van der Waals surface area contributed by atoms with Crippen molar-refractivity contribution < 1.29 is 19.1 Å². The fourth-order valence-corrected chi connectivity index (χ4v) is 2.76. The quantitative estimate of drug-likeness (QED) is 0.651. The average Bonchev–Trinajstić information content (AvgIpc) is 2.55. The Bertz CT molecular complexity index is 441. The lowest BCUT2D eigenvalue weighted by molar-refractivity contribution is -0.142. The van der Waals surface area contributed by atoms with Crippen molar-refractivity contribution in [1.82, 2.24) is 19.6 Å². The summed E-state index contributed by atoms with van der Waals surface area (Å²) in [5.41, 5.74) is 0. The van der Waals surface area contributed by atoms with Crippen LogP contribution in [0.3, 0.4) is 0 Å². The van der Waals surface area contributed by atoms with Gasteiger partial charge in [0.05, 0.1) is 6.61 Å². The van der Waals surface area contributed by atoms with Crippen molar-refractivity contribution in [3.05, 3.63) is 0 Å². The summed E-state index contributed by atoms with van der Waals surface area (Å²) in [5, 5.41) is 0. The van der Waals surface area contributed by atoms with Crippen LogP contribution >= 0.6 is 0 Å². The number of likely N-dealkylation sites (N-methyl/N-ethyl adjacent to an activating group) is 1. The Morgan fingerprint density at radius 2 is 1.22 bits per heavy atom. The zero-order chi connectivity index (χ0) is 16.8. The topological polar surface area (TPSA) is 73.4 Å². The minimum atomic E-state index is -0.340. The molecule has 23 heavy (non-hydrogen) atoms. The summed E-state index contributed by atoms with van der Waals surface area (Å²) in [6.45, 7) is 6.97. The number of amides is 3. The van der Waals surface area contributed by atoms with Gasteiger partial charge in [-0.25, -0.2) is 4.79 Å². The molecule has 2 saturated heterocycles. The average molecular weight is 326 g/mol. The Balaban J connectivity index is 1.74. The molecule has 130 valence electrons. The Labute approximate surface area is 136 Å². The fourth-order valence-electron chi connectivity index (χ4n) is 2.76. The minimum Gasteiger partial charge on any atom is -0.450 e. The van der Waals surface area contributed by atoms with E-state index in [0.29, 0.717) is 45.9 Å². The summed E-state index contributed by atoms with van der Waals surface area (Å²) in [4.78, 5) is 43.2. The van der Waals surface area contributed by atoms with Gasteiger partial charge < -0.3 is 24.3 Å². The van der Waals surface area contributed by atoms with Gasteiger partial charge in [-0.1, -0.05) is 0 Å². The summed E-state index contributed by atoms with van der Waals surface area (Å²) in [6, 6.07) is 0. The van der Waals surface area contributed by atoms with Gasteiger partial charge >= 0.3 is 6.09 Å². The van der Waals surface area contributed by atoms with Gasteiger partial charge in [0.15, 0.2) is 0 Å². The number of rotatable bonds is 3. The molecule has 0 aromatic rings. The van der Waals surface area contributed by atoms with Crippen molar-refractivity contribution in [2.75, 3.05) is 66.0 Å². The van der Waals surface area contributed by atoms with E-state index in [1.54, 1.807) is 21.6 Å². The summed E-state index contributed by atoms with van der Waals surface area (Å²) in [7, 11) is 2.02. The Hall–Kier alpha value is -1.83. The normalized spacial score (nSPS) is 19.7. The molecule has 0 atom stereocenters. The Kier molecular flexibility index (Phi) is 6.20. The molecule has 0 aliphatic carbocycles. The first-order chi connectivity index (χ1) is 11.0. The molecule has 8 heteroatoms. The van der Waals surface area contributed by atoms with Gasteiger partial charge in [0.2, 0.25) is 11.8 Å². The van der Waals surface area contributed by atoms with Crippen LogP contribution in [0.15, 0.2) is 0 Å². The van der Waals surface area contributed by atoms with Crippen LogP contribution in [0.2, 0.25) is 0 Å². The number of carbonyl (C=O) groups is 3. The van der Waals surface area contributed by atoms with Crippen LogP contribution in [0.4, 0.5) is 4.79 Å². The van der Waals surface area contributed by atoms with Gasteiger partial charge in [-0.15, -0.1) is 0 Å². The monoisotopic (exact) mass is 326 g/mol.